The van der Waals surface area contributed by atoms with Crippen molar-refractivity contribution in [3.8, 4) is 0 Å². The van der Waals surface area contributed by atoms with E-state index < -0.39 is 0 Å². The summed E-state index contributed by atoms with van der Waals surface area (Å²) in [5, 5.41) is 0. The summed E-state index contributed by atoms with van der Waals surface area (Å²) < 4.78 is 2.10. The second-order valence-electron chi connectivity index (χ2n) is 6.25. The van der Waals surface area contributed by atoms with Gasteiger partial charge in [-0.05, 0) is 58.2 Å². The van der Waals surface area contributed by atoms with Crippen LogP contribution in [0.5, 0.6) is 0 Å². The molecule has 0 spiro atoms. The molecule has 0 amide bonds. The third kappa shape index (κ3) is 3.32. The average molecular weight is 276 g/mol. The van der Waals surface area contributed by atoms with Crippen LogP contribution in [-0.4, -0.2) is 34.9 Å². The molecule has 20 heavy (non-hydrogen) atoms. The number of Topliss-reactive ketones (excluding diaryl/α,β-unsaturated/α-hetero) is 1. The number of nitrogens with zero attached hydrogens (tertiary/aromatic N) is 2. The van der Waals surface area contributed by atoms with Crippen molar-refractivity contribution in [2.45, 2.75) is 46.5 Å². The van der Waals surface area contributed by atoms with Crippen LogP contribution in [0.25, 0.3) is 0 Å². The van der Waals surface area contributed by atoms with Crippen LogP contribution in [0.4, 0.5) is 0 Å². The molecule has 1 aliphatic rings. The summed E-state index contributed by atoms with van der Waals surface area (Å²) in [4.78, 5) is 14.9. The van der Waals surface area contributed by atoms with Crippen molar-refractivity contribution in [2.75, 3.05) is 19.6 Å². The maximum absolute atomic E-state index is 12.5. The third-order valence-corrected chi connectivity index (χ3v) is 4.96. The first-order valence-electron chi connectivity index (χ1n) is 7.91. The molecule has 1 saturated heterocycles. The summed E-state index contributed by atoms with van der Waals surface area (Å²) in [5.41, 5.74) is 3.16. The molecule has 1 aromatic heterocycles. The summed E-state index contributed by atoms with van der Waals surface area (Å²) >= 11 is 0. The van der Waals surface area contributed by atoms with Gasteiger partial charge in [0, 0.05) is 24.0 Å². The van der Waals surface area contributed by atoms with Gasteiger partial charge in [0.25, 0.3) is 0 Å². The number of ketones is 1. The number of hydrogen-bond donors (Lipinski definition) is 0. The molecule has 1 aliphatic heterocycles. The zero-order valence-corrected chi connectivity index (χ0v) is 13.4. The lowest BCUT2D eigenvalue weighted by Gasteiger charge is -2.19. The molecule has 1 fully saturated rings. The normalized spacial score (nSPS) is 20.9. The Morgan fingerprint density at radius 1 is 1.30 bits per heavy atom. The molecule has 112 valence electrons. The second kappa shape index (κ2) is 6.57. The zero-order chi connectivity index (χ0) is 14.7. The number of aryl methyl sites for hydroxylation is 1. The van der Waals surface area contributed by atoms with E-state index >= 15 is 0 Å². The molecule has 0 bridgehead atoms. The van der Waals surface area contributed by atoms with Crippen molar-refractivity contribution in [2.24, 2.45) is 13.0 Å². The molecule has 0 N–H and O–H groups in total. The summed E-state index contributed by atoms with van der Waals surface area (Å²) in [5.74, 6) is 1.14. The minimum absolute atomic E-state index is 0.279. The molecular weight excluding hydrogens is 248 g/mol. The summed E-state index contributed by atoms with van der Waals surface area (Å²) in [6.45, 7) is 9.11. The van der Waals surface area contributed by atoms with Gasteiger partial charge in [0.2, 0.25) is 0 Å². The lowest BCUT2D eigenvalue weighted by molar-refractivity contribution is 0.0931. The number of rotatable bonds is 4. The SMILES string of the molecule is CCC1CCCN(CC(=O)c2cc(C)n(C)c2C)CC1. The van der Waals surface area contributed by atoms with Gasteiger partial charge in [-0.3, -0.25) is 9.69 Å². The predicted molar refractivity (Wildman–Crippen MR) is 83.3 cm³/mol. The standard InChI is InChI=1S/C17H28N2O/c1-5-15-7-6-9-19(10-8-15)12-17(20)16-11-13(2)18(4)14(16)3/h11,15H,5-10,12H2,1-4H3. The molecule has 2 rings (SSSR count). The Balaban J connectivity index is 1.99. The summed E-state index contributed by atoms with van der Waals surface area (Å²) in [6.07, 6.45) is 5.08. The third-order valence-electron chi connectivity index (χ3n) is 4.96. The van der Waals surface area contributed by atoms with Crippen LogP contribution in [0.2, 0.25) is 0 Å². The lowest BCUT2D eigenvalue weighted by Crippen LogP contribution is -2.31. The zero-order valence-electron chi connectivity index (χ0n) is 13.4. The van der Waals surface area contributed by atoms with Gasteiger partial charge in [-0.1, -0.05) is 13.3 Å². The largest absolute Gasteiger partial charge is 0.351 e. The first-order chi connectivity index (χ1) is 9.52. The van der Waals surface area contributed by atoms with E-state index in [0.29, 0.717) is 6.54 Å². The molecule has 0 aromatic carbocycles. The molecular formula is C17H28N2O. The maximum Gasteiger partial charge on any atom is 0.178 e. The van der Waals surface area contributed by atoms with Crippen molar-refractivity contribution in [3.63, 3.8) is 0 Å². The molecule has 1 atom stereocenters. The van der Waals surface area contributed by atoms with Gasteiger partial charge in [-0.25, -0.2) is 0 Å². The van der Waals surface area contributed by atoms with Crippen molar-refractivity contribution >= 4 is 5.78 Å². The highest BCUT2D eigenvalue weighted by molar-refractivity contribution is 5.99. The number of carbonyl (C=O) groups excluding carboxylic acids is 1. The van der Waals surface area contributed by atoms with E-state index in [-0.39, 0.29) is 5.78 Å². The highest BCUT2D eigenvalue weighted by Crippen LogP contribution is 2.21. The number of carbonyl (C=O) groups is 1. The van der Waals surface area contributed by atoms with E-state index in [1.165, 1.54) is 25.7 Å². The fourth-order valence-electron chi connectivity index (χ4n) is 3.22. The average Bonchev–Trinajstić information content (AvgIpc) is 2.62. The van der Waals surface area contributed by atoms with Gasteiger partial charge in [0.15, 0.2) is 5.78 Å². The van der Waals surface area contributed by atoms with Crippen LogP contribution >= 0.6 is 0 Å². The van der Waals surface area contributed by atoms with E-state index in [1.54, 1.807) is 0 Å². The smallest absolute Gasteiger partial charge is 0.178 e. The highest BCUT2D eigenvalue weighted by atomic mass is 16.1. The van der Waals surface area contributed by atoms with E-state index in [2.05, 4.69) is 23.3 Å². The van der Waals surface area contributed by atoms with Crippen LogP contribution in [0.1, 0.15) is 54.4 Å². The Morgan fingerprint density at radius 2 is 2.05 bits per heavy atom. The Bertz CT molecular complexity index is 476. The molecule has 3 heteroatoms. The van der Waals surface area contributed by atoms with E-state index in [0.717, 1.165) is 36.0 Å². The van der Waals surface area contributed by atoms with Crippen molar-refractivity contribution in [1.82, 2.24) is 9.47 Å². The first-order valence-corrected chi connectivity index (χ1v) is 7.91. The highest BCUT2D eigenvalue weighted by Gasteiger charge is 2.20. The van der Waals surface area contributed by atoms with E-state index in [4.69, 9.17) is 0 Å². The number of hydrogen-bond acceptors (Lipinski definition) is 2. The Morgan fingerprint density at radius 3 is 2.65 bits per heavy atom. The van der Waals surface area contributed by atoms with Crippen molar-refractivity contribution < 1.29 is 4.79 Å². The quantitative estimate of drug-likeness (QED) is 0.788. The van der Waals surface area contributed by atoms with Crippen LogP contribution in [0, 0.1) is 19.8 Å². The lowest BCUT2D eigenvalue weighted by atomic mass is 9.98. The topological polar surface area (TPSA) is 25.2 Å². The van der Waals surface area contributed by atoms with Crippen LogP contribution in [-0.2, 0) is 7.05 Å². The van der Waals surface area contributed by atoms with Gasteiger partial charge in [0.05, 0.1) is 6.54 Å². The Kier molecular flexibility index (Phi) is 5.03. The summed E-state index contributed by atoms with van der Waals surface area (Å²) in [6, 6.07) is 2.03. The van der Waals surface area contributed by atoms with E-state index in [1.807, 2.05) is 20.0 Å². The molecule has 0 radical (unpaired) electrons. The summed E-state index contributed by atoms with van der Waals surface area (Å²) in [7, 11) is 2.03. The van der Waals surface area contributed by atoms with Gasteiger partial charge < -0.3 is 4.57 Å². The fourth-order valence-corrected chi connectivity index (χ4v) is 3.22. The van der Waals surface area contributed by atoms with Crippen LogP contribution in [0.3, 0.4) is 0 Å². The minimum Gasteiger partial charge on any atom is -0.351 e. The molecule has 0 saturated carbocycles. The Hall–Kier alpha value is -1.09. The minimum atomic E-state index is 0.279. The molecule has 1 aromatic rings. The predicted octanol–water partition coefficient (Wildman–Crippen LogP) is 3.34. The molecule has 0 aliphatic carbocycles. The maximum atomic E-state index is 12.5. The van der Waals surface area contributed by atoms with Crippen LogP contribution < -0.4 is 0 Å². The van der Waals surface area contributed by atoms with E-state index in [9.17, 15) is 4.79 Å². The van der Waals surface area contributed by atoms with Gasteiger partial charge in [-0.2, -0.15) is 0 Å². The number of aromatic nitrogens is 1. The Labute approximate surface area is 123 Å². The monoisotopic (exact) mass is 276 g/mol. The van der Waals surface area contributed by atoms with Crippen molar-refractivity contribution in [1.29, 1.82) is 0 Å². The second-order valence-corrected chi connectivity index (χ2v) is 6.25. The number of likely N-dealkylation sites (tertiary alicyclic amines) is 1. The fraction of sp³-hybridized carbons (Fsp3) is 0.706. The molecule has 1 unspecified atom stereocenters. The first kappa shape index (κ1) is 15.3. The molecule has 2 heterocycles. The van der Waals surface area contributed by atoms with Crippen molar-refractivity contribution in [3.05, 3.63) is 23.0 Å². The molecule has 3 nitrogen and oxygen atoms in total. The van der Waals surface area contributed by atoms with Gasteiger partial charge in [-0.15, -0.1) is 0 Å². The van der Waals surface area contributed by atoms with Crippen LogP contribution in [0.15, 0.2) is 6.07 Å². The van der Waals surface area contributed by atoms with Gasteiger partial charge >= 0.3 is 0 Å². The van der Waals surface area contributed by atoms with Gasteiger partial charge in [0.1, 0.15) is 0 Å².